The summed E-state index contributed by atoms with van der Waals surface area (Å²) < 4.78 is 45.2. The van der Waals surface area contributed by atoms with Crippen LogP contribution in [0.15, 0.2) is 45.8 Å². The molecule has 0 aliphatic heterocycles. The molecule has 1 amide bonds. The maximum absolute atomic E-state index is 13.8. The van der Waals surface area contributed by atoms with E-state index in [1.165, 1.54) is 51.5 Å². The van der Waals surface area contributed by atoms with E-state index in [0.717, 1.165) is 10.4 Å². The Hall–Kier alpha value is -1.97. The second-order valence-electron chi connectivity index (χ2n) is 5.23. The predicted molar refractivity (Wildman–Crippen MR) is 95.9 cm³/mol. The number of carbonyl (C=O) groups excluding carboxylic acids is 1. The highest BCUT2D eigenvalue weighted by Crippen LogP contribution is 2.29. The number of nitrogens with one attached hydrogen (secondary N) is 1. The topological polar surface area (TPSA) is 75.7 Å². The van der Waals surface area contributed by atoms with Gasteiger partial charge in [-0.05, 0) is 36.4 Å². The molecule has 0 atom stereocenters. The summed E-state index contributed by atoms with van der Waals surface area (Å²) in [6.07, 6.45) is 0. The second-order valence-corrected chi connectivity index (χ2v) is 8.27. The van der Waals surface area contributed by atoms with Crippen molar-refractivity contribution in [3.63, 3.8) is 0 Å². The number of halogens is 2. The zero-order chi connectivity index (χ0) is 18.8. The van der Waals surface area contributed by atoms with Crippen LogP contribution in [-0.2, 0) is 10.0 Å². The monoisotopic (exact) mass is 430 g/mol. The first-order valence-electron chi connectivity index (χ1n) is 7.03. The number of carbonyl (C=O) groups is 1. The van der Waals surface area contributed by atoms with Gasteiger partial charge in [-0.1, -0.05) is 15.9 Å². The molecule has 1 N–H and O–H groups in total. The van der Waals surface area contributed by atoms with Gasteiger partial charge in [0.05, 0.1) is 12.7 Å². The maximum atomic E-state index is 13.8. The SMILES string of the molecule is COc1ccc(NC(=O)c2cc(Br)ccc2F)cc1S(=O)(=O)N(C)C. The first-order chi connectivity index (χ1) is 11.7. The Bertz CT molecular complexity index is 916. The Morgan fingerprint density at radius 1 is 1.20 bits per heavy atom. The van der Waals surface area contributed by atoms with E-state index in [1.807, 2.05) is 0 Å². The standard InChI is InChI=1S/C16H16BrFN2O4S/c1-20(2)25(22,23)15-9-11(5-7-14(15)24-3)19-16(21)12-8-10(17)4-6-13(12)18/h4-9H,1-3H3,(H,19,21). The number of hydrogen-bond acceptors (Lipinski definition) is 4. The molecule has 0 saturated carbocycles. The van der Waals surface area contributed by atoms with Crippen LogP contribution in [0.2, 0.25) is 0 Å². The molecule has 134 valence electrons. The molecule has 0 unspecified atom stereocenters. The third kappa shape index (κ3) is 4.17. The Morgan fingerprint density at radius 2 is 1.88 bits per heavy atom. The van der Waals surface area contributed by atoms with E-state index in [9.17, 15) is 17.6 Å². The van der Waals surface area contributed by atoms with E-state index in [2.05, 4.69) is 21.2 Å². The molecule has 0 fully saturated rings. The molecular formula is C16H16BrFN2O4S. The number of benzene rings is 2. The number of hydrogen-bond donors (Lipinski definition) is 1. The number of amides is 1. The molecular weight excluding hydrogens is 415 g/mol. The summed E-state index contributed by atoms with van der Waals surface area (Å²) in [7, 11) is 0.336. The van der Waals surface area contributed by atoms with Gasteiger partial charge >= 0.3 is 0 Å². The molecule has 0 saturated heterocycles. The number of methoxy groups -OCH3 is 1. The predicted octanol–water partition coefficient (Wildman–Crippen LogP) is 3.10. The average molecular weight is 431 g/mol. The largest absolute Gasteiger partial charge is 0.495 e. The van der Waals surface area contributed by atoms with Crippen LogP contribution in [0.1, 0.15) is 10.4 Å². The van der Waals surface area contributed by atoms with Crippen molar-refractivity contribution in [2.75, 3.05) is 26.5 Å². The van der Waals surface area contributed by atoms with Gasteiger partial charge in [-0.2, -0.15) is 0 Å². The summed E-state index contributed by atoms with van der Waals surface area (Å²) in [5.74, 6) is -1.24. The normalized spacial score (nSPS) is 11.4. The minimum Gasteiger partial charge on any atom is -0.495 e. The molecule has 0 radical (unpaired) electrons. The third-order valence-corrected chi connectivity index (χ3v) is 5.68. The van der Waals surface area contributed by atoms with Crippen molar-refractivity contribution in [1.82, 2.24) is 4.31 Å². The highest BCUT2D eigenvalue weighted by molar-refractivity contribution is 9.10. The van der Waals surface area contributed by atoms with Gasteiger partial charge in [0.1, 0.15) is 16.5 Å². The summed E-state index contributed by atoms with van der Waals surface area (Å²) in [5.41, 5.74) is 0.0350. The molecule has 2 aromatic carbocycles. The van der Waals surface area contributed by atoms with Crippen LogP contribution < -0.4 is 10.1 Å². The summed E-state index contributed by atoms with van der Waals surface area (Å²) in [6.45, 7) is 0. The minimum absolute atomic E-state index is 0.104. The van der Waals surface area contributed by atoms with Gasteiger partial charge in [0.15, 0.2) is 0 Å². The molecule has 0 aliphatic carbocycles. The minimum atomic E-state index is -3.78. The first-order valence-corrected chi connectivity index (χ1v) is 9.27. The van der Waals surface area contributed by atoms with Crippen LogP contribution in [0.25, 0.3) is 0 Å². The van der Waals surface area contributed by atoms with Crippen LogP contribution in [0.5, 0.6) is 5.75 Å². The van der Waals surface area contributed by atoms with E-state index < -0.39 is 21.7 Å². The van der Waals surface area contributed by atoms with E-state index in [0.29, 0.717) is 4.47 Å². The molecule has 0 bridgehead atoms. The fraction of sp³-hybridized carbons (Fsp3) is 0.188. The van der Waals surface area contributed by atoms with Gasteiger partial charge in [0, 0.05) is 24.3 Å². The van der Waals surface area contributed by atoms with Gasteiger partial charge in [-0.15, -0.1) is 0 Å². The van der Waals surface area contributed by atoms with Crippen molar-refractivity contribution in [3.8, 4) is 5.75 Å². The quantitative estimate of drug-likeness (QED) is 0.790. The van der Waals surface area contributed by atoms with Gasteiger partial charge in [0.2, 0.25) is 10.0 Å². The summed E-state index contributed by atoms with van der Waals surface area (Å²) in [4.78, 5) is 12.2. The van der Waals surface area contributed by atoms with Crippen molar-refractivity contribution < 1.29 is 22.3 Å². The molecule has 6 nitrogen and oxygen atoms in total. The van der Waals surface area contributed by atoms with E-state index in [4.69, 9.17) is 4.74 Å². The van der Waals surface area contributed by atoms with Crippen molar-refractivity contribution in [2.45, 2.75) is 4.90 Å². The zero-order valence-electron chi connectivity index (χ0n) is 13.7. The lowest BCUT2D eigenvalue weighted by Crippen LogP contribution is -2.23. The highest BCUT2D eigenvalue weighted by atomic mass is 79.9. The fourth-order valence-corrected chi connectivity index (χ4v) is 3.46. The number of rotatable bonds is 5. The molecule has 0 aliphatic rings. The van der Waals surface area contributed by atoms with Crippen molar-refractivity contribution in [2.24, 2.45) is 0 Å². The van der Waals surface area contributed by atoms with Gasteiger partial charge in [-0.3, -0.25) is 4.79 Å². The lowest BCUT2D eigenvalue weighted by atomic mass is 10.2. The van der Waals surface area contributed by atoms with Crippen LogP contribution in [0.4, 0.5) is 10.1 Å². The van der Waals surface area contributed by atoms with Crippen LogP contribution in [0, 0.1) is 5.82 Å². The zero-order valence-corrected chi connectivity index (χ0v) is 16.1. The molecule has 2 rings (SSSR count). The fourth-order valence-electron chi connectivity index (χ4n) is 2.02. The molecule has 0 aromatic heterocycles. The highest BCUT2D eigenvalue weighted by Gasteiger charge is 2.23. The Balaban J connectivity index is 2.41. The molecule has 25 heavy (non-hydrogen) atoms. The van der Waals surface area contributed by atoms with Gasteiger partial charge < -0.3 is 10.1 Å². The van der Waals surface area contributed by atoms with Crippen LogP contribution in [0.3, 0.4) is 0 Å². The van der Waals surface area contributed by atoms with Crippen molar-refractivity contribution in [3.05, 3.63) is 52.3 Å². The lowest BCUT2D eigenvalue weighted by Gasteiger charge is -2.16. The number of ether oxygens (including phenoxy) is 1. The van der Waals surface area contributed by atoms with Crippen molar-refractivity contribution >= 4 is 37.5 Å². The lowest BCUT2D eigenvalue weighted by molar-refractivity contribution is 0.102. The van der Waals surface area contributed by atoms with E-state index in [-0.39, 0.29) is 21.9 Å². The Labute approximate surface area is 153 Å². The van der Waals surface area contributed by atoms with Crippen LogP contribution in [-0.4, -0.2) is 39.8 Å². The third-order valence-electron chi connectivity index (χ3n) is 3.35. The van der Waals surface area contributed by atoms with Gasteiger partial charge in [-0.25, -0.2) is 17.1 Å². The molecule has 0 heterocycles. The van der Waals surface area contributed by atoms with Gasteiger partial charge in [0.25, 0.3) is 5.91 Å². The average Bonchev–Trinajstić information content (AvgIpc) is 2.56. The summed E-state index contributed by atoms with van der Waals surface area (Å²) in [5, 5.41) is 2.49. The second kappa shape index (κ2) is 7.51. The van der Waals surface area contributed by atoms with Crippen LogP contribution >= 0.6 is 15.9 Å². The maximum Gasteiger partial charge on any atom is 0.258 e. The Morgan fingerprint density at radius 3 is 2.48 bits per heavy atom. The molecule has 9 heteroatoms. The van der Waals surface area contributed by atoms with E-state index in [1.54, 1.807) is 0 Å². The smallest absolute Gasteiger partial charge is 0.258 e. The van der Waals surface area contributed by atoms with Crippen molar-refractivity contribution in [1.29, 1.82) is 0 Å². The number of nitrogens with zero attached hydrogens (tertiary/aromatic N) is 1. The number of sulfonamides is 1. The summed E-state index contributed by atoms with van der Waals surface area (Å²) >= 11 is 3.17. The molecule has 0 spiro atoms. The Kier molecular flexibility index (Phi) is 5.81. The first kappa shape index (κ1) is 19.4. The molecule has 2 aromatic rings. The van der Waals surface area contributed by atoms with E-state index >= 15 is 0 Å². The summed E-state index contributed by atoms with van der Waals surface area (Å²) in [6, 6.07) is 8.13. The number of anilines is 1.